The molecule has 3 nitrogen and oxygen atoms in total. The molecule has 0 spiro atoms. The smallest absolute Gasteiger partial charge is 0.236 e. The van der Waals surface area contributed by atoms with E-state index >= 15 is 0 Å². The minimum Gasteiger partial charge on any atom is -0.348 e. The molecule has 0 radical (unpaired) electrons. The highest BCUT2D eigenvalue weighted by Crippen LogP contribution is 2.26. The van der Waals surface area contributed by atoms with Crippen LogP contribution in [0.2, 0.25) is 0 Å². The van der Waals surface area contributed by atoms with Crippen molar-refractivity contribution in [2.45, 2.75) is 45.1 Å². The summed E-state index contributed by atoms with van der Waals surface area (Å²) in [5, 5.41) is 3.41. The third-order valence-electron chi connectivity index (χ3n) is 3.45. The van der Waals surface area contributed by atoms with Crippen molar-refractivity contribution in [2.24, 2.45) is 5.92 Å². The van der Waals surface area contributed by atoms with Gasteiger partial charge in [-0.25, -0.2) is 0 Å². The van der Waals surface area contributed by atoms with Crippen molar-refractivity contribution in [3.05, 3.63) is 0 Å². The van der Waals surface area contributed by atoms with Gasteiger partial charge in [-0.15, -0.1) is 0 Å². The number of carbonyl (C=O) groups is 1. The van der Waals surface area contributed by atoms with Crippen molar-refractivity contribution in [2.75, 3.05) is 20.6 Å². The van der Waals surface area contributed by atoms with Crippen LogP contribution in [0.25, 0.3) is 0 Å². The summed E-state index contributed by atoms with van der Waals surface area (Å²) in [7, 11) is 3.62. The molecule has 1 rings (SSSR count). The summed E-state index contributed by atoms with van der Waals surface area (Å²) >= 11 is 0. The Morgan fingerprint density at radius 3 is 2.60 bits per heavy atom. The van der Waals surface area contributed by atoms with Crippen LogP contribution in [0.4, 0.5) is 0 Å². The van der Waals surface area contributed by atoms with Crippen molar-refractivity contribution in [1.29, 1.82) is 0 Å². The molecule has 0 aromatic carbocycles. The minimum absolute atomic E-state index is 0.176. The summed E-state index contributed by atoms with van der Waals surface area (Å²) in [6.45, 7) is 2.74. The Morgan fingerprint density at radius 1 is 1.33 bits per heavy atom. The Hall–Kier alpha value is -0.570. The highest BCUT2D eigenvalue weighted by Gasteiger charge is 2.23. The Morgan fingerprint density at radius 2 is 2.00 bits per heavy atom. The highest BCUT2D eigenvalue weighted by atomic mass is 16.2. The molecule has 0 aliphatic heterocycles. The van der Waals surface area contributed by atoms with Gasteiger partial charge in [0.05, 0.1) is 6.54 Å². The zero-order chi connectivity index (χ0) is 11.3. The van der Waals surface area contributed by atoms with Crippen molar-refractivity contribution in [3.8, 4) is 0 Å². The van der Waals surface area contributed by atoms with Crippen molar-refractivity contribution in [3.63, 3.8) is 0 Å². The van der Waals surface area contributed by atoms with Crippen LogP contribution in [0.5, 0.6) is 0 Å². The fourth-order valence-corrected chi connectivity index (χ4v) is 2.34. The van der Waals surface area contributed by atoms with Gasteiger partial charge < -0.3 is 10.2 Å². The fraction of sp³-hybridized carbons (Fsp3) is 0.917. The molecule has 1 saturated carbocycles. The molecule has 2 unspecified atom stereocenters. The maximum atomic E-state index is 11.4. The SMILES string of the molecule is CCC1CCCCC1NCC(=O)N(C)C. The van der Waals surface area contributed by atoms with Crippen molar-refractivity contribution < 1.29 is 4.79 Å². The maximum Gasteiger partial charge on any atom is 0.236 e. The van der Waals surface area contributed by atoms with Crippen LogP contribution < -0.4 is 5.32 Å². The van der Waals surface area contributed by atoms with E-state index in [0.29, 0.717) is 12.6 Å². The van der Waals surface area contributed by atoms with E-state index in [1.165, 1.54) is 32.1 Å². The lowest BCUT2D eigenvalue weighted by Crippen LogP contribution is -2.43. The van der Waals surface area contributed by atoms with Crippen LogP contribution in [0, 0.1) is 5.92 Å². The second kappa shape index (κ2) is 6.11. The second-order valence-electron chi connectivity index (χ2n) is 4.73. The van der Waals surface area contributed by atoms with Gasteiger partial charge in [0.2, 0.25) is 5.91 Å². The summed E-state index contributed by atoms with van der Waals surface area (Å²) in [5.41, 5.74) is 0. The molecule has 3 heteroatoms. The molecular weight excluding hydrogens is 188 g/mol. The maximum absolute atomic E-state index is 11.4. The predicted molar refractivity (Wildman–Crippen MR) is 62.7 cm³/mol. The number of hydrogen-bond donors (Lipinski definition) is 1. The number of likely N-dealkylation sites (N-methyl/N-ethyl adjacent to an activating group) is 1. The molecule has 0 bridgehead atoms. The van der Waals surface area contributed by atoms with Gasteiger partial charge in [0.25, 0.3) is 0 Å². The van der Waals surface area contributed by atoms with Crippen molar-refractivity contribution in [1.82, 2.24) is 10.2 Å². The Labute approximate surface area is 93.2 Å². The predicted octanol–water partition coefficient (Wildman–Crippen LogP) is 1.63. The highest BCUT2D eigenvalue weighted by molar-refractivity contribution is 5.77. The van der Waals surface area contributed by atoms with Crippen LogP contribution in [0.15, 0.2) is 0 Å². The number of carbonyl (C=O) groups excluding carboxylic acids is 1. The normalized spacial score (nSPS) is 26.3. The first kappa shape index (κ1) is 12.5. The molecule has 1 aliphatic rings. The van der Waals surface area contributed by atoms with Gasteiger partial charge in [0, 0.05) is 20.1 Å². The summed E-state index contributed by atoms with van der Waals surface area (Å²) in [6.07, 6.45) is 6.46. The van der Waals surface area contributed by atoms with Gasteiger partial charge in [-0.3, -0.25) is 4.79 Å². The van der Waals surface area contributed by atoms with E-state index < -0.39 is 0 Å². The molecule has 0 aromatic heterocycles. The molecule has 1 N–H and O–H groups in total. The van der Waals surface area contributed by atoms with Gasteiger partial charge in [0.1, 0.15) is 0 Å². The molecule has 1 fully saturated rings. The first-order valence-electron chi connectivity index (χ1n) is 6.08. The Bertz CT molecular complexity index is 204. The number of nitrogens with one attached hydrogen (secondary N) is 1. The number of nitrogens with zero attached hydrogens (tertiary/aromatic N) is 1. The molecule has 88 valence electrons. The minimum atomic E-state index is 0.176. The van der Waals surface area contributed by atoms with Crippen LogP contribution >= 0.6 is 0 Å². The first-order chi connectivity index (χ1) is 7.15. The van der Waals surface area contributed by atoms with E-state index in [-0.39, 0.29) is 5.91 Å². The lowest BCUT2D eigenvalue weighted by atomic mass is 9.83. The number of rotatable bonds is 4. The van der Waals surface area contributed by atoms with E-state index in [1.807, 2.05) is 14.1 Å². The third kappa shape index (κ3) is 3.82. The standard InChI is InChI=1S/C12H24N2O/c1-4-10-7-5-6-8-11(10)13-9-12(15)14(2)3/h10-11,13H,4-9H2,1-3H3. The van der Waals surface area contributed by atoms with E-state index in [2.05, 4.69) is 12.2 Å². The van der Waals surface area contributed by atoms with Gasteiger partial charge in [0.15, 0.2) is 0 Å². The molecule has 2 atom stereocenters. The van der Waals surface area contributed by atoms with Gasteiger partial charge in [-0.2, -0.15) is 0 Å². The topological polar surface area (TPSA) is 32.3 Å². The molecule has 1 amide bonds. The average molecular weight is 212 g/mol. The summed E-state index contributed by atoms with van der Waals surface area (Å²) in [5.74, 6) is 0.948. The Kier molecular flexibility index (Phi) is 5.09. The molecular formula is C12H24N2O. The first-order valence-corrected chi connectivity index (χ1v) is 6.08. The van der Waals surface area contributed by atoms with E-state index in [0.717, 1.165) is 5.92 Å². The molecule has 0 aromatic rings. The number of hydrogen-bond acceptors (Lipinski definition) is 2. The van der Waals surface area contributed by atoms with E-state index in [4.69, 9.17) is 0 Å². The van der Waals surface area contributed by atoms with E-state index in [9.17, 15) is 4.79 Å². The molecule has 1 aliphatic carbocycles. The average Bonchev–Trinajstić information content (AvgIpc) is 2.26. The lowest BCUT2D eigenvalue weighted by Gasteiger charge is -2.31. The van der Waals surface area contributed by atoms with Crippen LogP contribution in [0.3, 0.4) is 0 Å². The summed E-state index contributed by atoms with van der Waals surface area (Å²) in [6, 6.07) is 0.563. The van der Waals surface area contributed by atoms with Gasteiger partial charge in [-0.1, -0.05) is 26.2 Å². The monoisotopic (exact) mass is 212 g/mol. The van der Waals surface area contributed by atoms with Gasteiger partial charge in [-0.05, 0) is 18.8 Å². The zero-order valence-corrected chi connectivity index (χ0v) is 10.3. The van der Waals surface area contributed by atoms with E-state index in [1.54, 1.807) is 4.90 Å². The quantitative estimate of drug-likeness (QED) is 0.768. The largest absolute Gasteiger partial charge is 0.348 e. The van der Waals surface area contributed by atoms with Crippen LogP contribution in [0.1, 0.15) is 39.0 Å². The van der Waals surface area contributed by atoms with Gasteiger partial charge >= 0.3 is 0 Å². The Balaban J connectivity index is 2.32. The second-order valence-corrected chi connectivity index (χ2v) is 4.73. The summed E-state index contributed by atoms with van der Waals surface area (Å²) < 4.78 is 0. The van der Waals surface area contributed by atoms with Crippen molar-refractivity contribution >= 4 is 5.91 Å². The zero-order valence-electron chi connectivity index (χ0n) is 10.3. The van der Waals surface area contributed by atoms with Crippen LogP contribution in [-0.4, -0.2) is 37.5 Å². The third-order valence-corrected chi connectivity index (χ3v) is 3.45. The lowest BCUT2D eigenvalue weighted by molar-refractivity contribution is -0.128. The molecule has 0 saturated heterocycles. The summed E-state index contributed by atoms with van der Waals surface area (Å²) in [4.78, 5) is 13.1. The molecule has 15 heavy (non-hydrogen) atoms. The molecule has 0 heterocycles. The van der Waals surface area contributed by atoms with Crippen LogP contribution in [-0.2, 0) is 4.79 Å². The fourth-order valence-electron chi connectivity index (χ4n) is 2.34. The number of amides is 1.